The van der Waals surface area contributed by atoms with Crippen LogP contribution in [0.25, 0.3) is 0 Å². The third kappa shape index (κ3) is 18.4. The monoisotopic (exact) mass is 346 g/mol. The molecule has 0 aliphatic carbocycles. The van der Waals surface area contributed by atoms with E-state index in [0.717, 1.165) is 5.75 Å². The van der Waals surface area contributed by atoms with Crippen LogP contribution in [0, 0.1) is 0 Å². The van der Waals surface area contributed by atoms with E-state index in [0.29, 0.717) is 0 Å². The molecule has 1 N–H and O–H groups in total. The highest BCUT2D eigenvalue weighted by atomic mass is 32.2. The molecule has 0 aromatic rings. The van der Waals surface area contributed by atoms with Gasteiger partial charge in [0.2, 0.25) is 0 Å². The van der Waals surface area contributed by atoms with Crippen molar-refractivity contribution in [2.45, 2.75) is 103 Å². The maximum atomic E-state index is 9.01. The summed E-state index contributed by atoms with van der Waals surface area (Å²) >= 11 is 1.91. The van der Waals surface area contributed by atoms with Gasteiger partial charge in [-0.05, 0) is 12.2 Å². The van der Waals surface area contributed by atoms with Crippen LogP contribution in [-0.2, 0) is 4.74 Å². The number of rotatable bonds is 19. The van der Waals surface area contributed by atoms with Gasteiger partial charge in [-0.15, -0.1) is 0 Å². The minimum absolute atomic E-state index is 0.0200. The van der Waals surface area contributed by atoms with E-state index in [2.05, 4.69) is 6.92 Å². The van der Waals surface area contributed by atoms with Crippen molar-refractivity contribution in [3.05, 3.63) is 0 Å². The van der Waals surface area contributed by atoms with Crippen molar-refractivity contribution < 1.29 is 9.84 Å². The molecule has 0 aliphatic heterocycles. The first-order valence-electron chi connectivity index (χ1n) is 10.1. The molecule has 0 bridgehead atoms. The number of aliphatic hydroxyl groups excluding tert-OH is 1. The predicted molar refractivity (Wildman–Crippen MR) is 106 cm³/mol. The summed E-state index contributed by atoms with van der Waals surface area (Å²) in [4.78, 5) is 0. The molecule has 0 unspecified atom stereocenters. The zero-order valence-electron chi connectivity index (χ0n) is 15.9. The molecule has 0 saturated carbocycles. The molecule has 0 amide bonds. The molecule has 1 atom stereocenters. The summed E-state index contributed by atoms with van der Waals surface area (Å²) in [7, 11) is 1.67. The average Bonchev–Trinajstić information content (AvgIpc) is 2.58. The minimum atomic E-state index is 0.0200. The third-order valence-electron chi connectivity index (χ3n) is 4.48. The Morgan fingerprint density at radius 2 is 1.17 bits per heavy atom. The minimum Gasteiger partial charge on any atom is -0.394 e. The van der Waals surface area contributed by atoms with E-state index in [1.165, 1.54) is 95.6 Å². The molecule has 0 fully saturated rings. The van der Waals surface area contributed by atoms with Gasteiger partial charge < -0.3 is 9.84 Å². The second-order valence-corrected chi connectivity index (χ2v) is 7.86. The van der Waals surface area contributed by atoms with E-state index in [1.54, 1.807) is 7.11 Å². The molecule has 0 aromatic carbocycles. The fraction of sp³-hybridized carbons (Fsp3) is 1.00. The molecule has 2 nitrogen and oxygen atoms in total. The third-order valence-corrected chi connectivity index (χ3v) is 5.67. The number of hydrogen-bond acceptors (Lipinski definition) is 3. The number of unbranched alkanes of at least 4 members (excludes halogenated alkanes) is 13. The van der Waals surface area contributed by atoms with Crippen LogP contribution in [0.15, 0.2) is 0 Å². The number of hydrogen-bond donors (Lipinski definition) is 1. The highest BCUT2D eigenvalue weighted by molar-refractivity contribution is 7.99. The van der Waals surface area contributed by atoms with Crippen LogP contribution in [0.5, 0.6) is 0 Å². The molecule has 0 aromatic heterocycles. The Kier molecular flexibility index (Phi) is 20.6. The molecule has 23 heavy (non-hydrogen) atoms. The van der Waals surface area contributed by atoms with E-state index in [-0.39, 0.29) is 12.7 Å². The number of methoxy groups -OCH3 is 1. The summed E-state index contributed by atoms with van der Waals surface area (Å²) in [5.74, 6) is 2.13. The smallest absolute Gasteiger partial charge is 0.0892 e. The molecule has 3 heteroatoms. The van der Waals surface area contributed by atoms with Crippen molar-refractivity contribution in [1.29, 1.82) is 0 Å². The van der Waals surface area contributed by atoms with Crippen molar-refractivity contribution in [2.24, 2.45) is 0 Å². The van der Waals surface area contributed by atoms with Gasteiger partial charge in [0.1, 0.15) is 0 Å². The molecule has 140 valence electrons. The summed E-state index contributed by atoms with van der Waals surface area (Å²) in [5, 5.41) is 9.01. The van der Waals surface area contributed by atoms with Crippen molar-refractivity contribution in [3.63, 3.8) is 0 Å². The molecule has 0 heterocycles. The SMILES string of the molecule is CCCCCCCCCCCCCCCCSC[C@@H](CO)OC. The van der Waals surface area contributed by atoms with Crippen molar-refractivity contribution >= 4 is 11.8 Å². The number of thioether (sulfide) groups is 1. The van der Waals surface area contributed by atoms with Crippen LogP contribution in [0.1, 0.15) is 96.8 Å². The molecule has 0 radical (unpaired) electrons. The molecular weight excluding hydrogens is 304 g/mol. The molecule has 0 saturated heterocycles. The zero-order valence-corrected chi connectivity index (χ0v) is 16.7. The van der Waals surface area contributed by atoms with E-state index in [9.17, 15) is 0 Å². The van der Waals surface area contributed by atoms with Crippen LogP contribution in [-0.4, -0.2) is 36.4 Å². The van der Waals surface area contributed by atoms with Crippen LogP contribution in [0.2, 0.25) is 0 Å². The summed E-state index contributed by atoms with van der Waals surface area (Å²) in [5.41, 5.74) is 0. The molecule has 0 spiro atoms. The Bertz CT molecular complexity index is 208. The lowest BCUT2D eigenvalue weighted by atomic mass is 10.0. The van der Waals surface area contributed by atoms with Crippen molar-refractivity contribution in [2.75, 3.05) is 25.2 Å². The highest BCUT2D eigenvalue weighted by Gasteiger charge is 2.04. The largest absolute Gasteiger partial charge is 0.394 e. The van der Waals surface area contributed by atoms with Crippen LogP contribution < -0.4 is 0 Å². The van der Waals surface area contributed by atoms with Gasteiger partial charge in [0, 0.05) is 12.9 Å². The van der Waals surface area contributed by atoms with Crippen LogP contribution in [0.3, 0.4) is 0 Å². The Morgan fingerprint density at radius 3 is 1.57 bits per heavy atom. The lowest BCUT2D eigenvalue weighted by Gasteiger charge is -2.11. The first-order valence-corrected chi connectivity index (χ1v) is 11.2. The lowest BCUT2D eigenvalue weighted by Crippen LogP contribution is -2.18. The Morgan fingerprint density at radius 1 is 0.739 bits per heavy atom. The standard InChI is InChI=1S/C20H42O2S/c1-3-4-5-6-7-8-9-10-11-12-13-14-15-16-17-23-19-20(18-21)22-2/h20-21H,3-19H2,1-2H3/t20-/m1/s1. The first-order chi connectivity index (χ1) is 11.3. The van der Waals surface area contributed by atoms with Gasteiger partial charge in [-0.25, -0.2) is 0 Å². The second kappa shape index (κ2) is 20.3. The number of ether oxygens (including phenoxy) is 1. The van der Waals surface area contributed by atoms with Gasteiger partial charge >= 0.3 is 0 Å². The zero-order chi connectivity index (χ0) is 17.0. The van der Waals surface area contributed by atoms with Gasteiger partial charge in [-0.2, -0.15) is 11.8 Å². The average molecular weight is 347 g/mol. The van der Waals surface area contributed by atoms with Gasteiger partial charge in [-0.3, -0.25) is 0 Å². The van der Waals surface area contributed by atoms with E-state index in [4.69, 9.17) is 9.84 Å². The second-order valence-electron chi connectivity index (χ2n) is 6.71. The van der Waals surface area contributed by atoms with Gasteiger partial charge in [0.25, 0.3) is 0 Å². The maximum Gasteiger partial charge on any atom is 0.0892 e. The Labute approximate surface area is 150 Å². The van der Waals surface area contributed by atoms with Crippen LogP contribution in [0.4, 0.5) is 0 Å². The predicted octanol–water partition coefficient (Wildman–Crippen LogP) is 6.21. The Hall–Kier alpha value is 0.270. The molecule has 0 aliphatic rings. The summed E-state index contributed by atoms with van der Waals surface area (Å²) in [6.07, 6.45) is 19.9. The molecule has 0 rings (SSSR count). The lowest BCUT2D eigenvalue weighted by molar-refractivity contribution is 0.0656. The number of aliphatic hydroxyl groups is 1. The summed E-state index contributed by atoms with van der Waals surface area (Å²) in [6, 6.07) is 0. The Balaban J connectivity index is 3.02. The maximum absolute atomic E-state index is 9.01. The topological polar surface area (TPSA) is 29.5 Å². The van der Waals surface area contributed by atoms with Gasteiger partial charge in [-0.1, -0.05) is 90.4 Å². The van der Waals surface area contributed by atoms with Crippen molar-refractivity contribution in [1.82, 2.24) is 0 Å². The van der Waals surface area contributed by atoms with Crippen LogP contribution >= 0.6 is 11.8 Å². The highest BCUT2D eigenvalue weighted by Crippen LogP contribution is 2.14. The first kappa shape index (κ1) is 23.3. The van der Waals surface area contributed by atoms with Gasteiger partial charge in [0.05, 0.1) is 12.7 Å². The fourth-order valence-corrected chi connectivity index (χ4v) is 3.89. The van der Waals surface area contributed by atoms with E-state index < -0.39 is 0 Å². The summed E-state index contributed by atoms with van der Waals surface area (Å²) in [6.45, 7) is 2.43. The summed E-state index contributed by atoms with van der Waals surface area (Å²) < 4.78 is 5.15. The molecular formula is C20H42O2S. The normalized spacial score (nSPS) is 12.7. The van der Waals surface area contributed by atoms with E-state index >= 15 is 0 Å². The van der Waals surface area contributed by atoms with E-state index in [1.807, 2.05) is 11.8 Å². The van der Waals surface area contributed by atoms with Gasteiger partial charge in [0.15, 0.2) is 0 Å². The fourth-order valence-electron chi connectivity index (χ4n) is 2.81. The van der Waals surface area contributed by atoms with Crippen molar-refractivity contribution in [3.8, 4) is 0 Å². The quantitative estimate of drug-likeness (QED) is 0.282.